The highest BCUT2D eigenvalue weighted by atomic mass is 32.2. The number of carbonyl (C=O) groups is 1. The van der Waals surface area contributed by atoms with Gasteiger partial charge in [0.05, 0.1) is 11.5 Å². The second-order valence-corrected chi connectivity index (χ2v) is 7.38. The van der Waals surface area contributed by atoms with Crippen molar-refractivity contribution in [2.75, 3.05) is 20.8 Å². The minimum atomic E-state index is -3.70. The molecule has 0 saturated carbocycles. The average Bonchev–Trinajstić information content (AvgIpc) is 2.71. The Morgan fingerprint density at radius 2 is 2.16 bits per heavy atom. The van der Waals surface area contributed by atoms with Gasteiger partial charge in [-0.1, -0.05) is 0 Å². The Bertz CT molecular complexity index is 564. The van der Waals surface area contributed by atoms with Crippen molar-refractivity contribution in [2.45, 2.75) is 24.8 Å². The van der Waals surface area contributed by atoms with Gasteiger partial charge in [-0.25, -0.2) is 13.2 Å². The van der Waals surface area contributed by atoms with Gasteiger partial charge in [0.1, 0.15) is 4.88 Å². The summed E-state index contributed by atoms with van der Waals surface area (Å²) >= 11 is 0.955. The van der Waals surface area contributed by atoms with E-state index in [1.165, 1.54) is 24.5 Å². The van der Waals surface area contributed by atoms with Crippen molar-refractivity contribution in [3.05, 3.63) is 15.8 Å². The van der Waals surface area contributed by atoms with Crippen LogP contribution in [0.25, 0.3) is 0 Å². The molecule has 0 radical (unpaired) electrons. The first kappa shape index (κ1) is 16.1. The molecule has 1 unspecified atom stereocenters. The summed E-state index contributed by atoms with van der Waals surface area (Å²) in [6.45, 7) is 3.59. The number of carboxylic acid groups (broad SMARTS) is 1. The number of aromatic carboxylic acids is 1. The van der Waals surface area contributed by atoms with Crippen LogP contribution in [0.5, 0.6) is 0 Å². The van der Waals surface area contributed by atoms with Crippen molar-refractivity contribution in [2.24, 2.45) is 0 Å². The van der Waals surface area contributed by atoms with Crippen LogP contribution in [-0.2, 0) is 14.8 Å². The van der Waals surface area contributed by atoms with Gasteiger partial charge in [0, 0.05) is 25.1 Å². The molecule has 1 aromatic rings. The van der Waals surface area contributed by atoms with E-state index in [2.05, 4.69) is 0 Å². The Morgan fingerprint density at radius 3 is 2.58 bits per heavy atom. The molecule has 1 N–H and O–H groups in total. The number of aryl methyl sites for hydroxylation is 1. The fourth-order valence-corrected chi connectivity index (χ4v) is 4.31. The number of rotatable bonds is 6. The highest BCUT2D eigenvalue weighted by molar-refractivity contribution is 7.89. The molecular formula is C11H17NO5S2. The molecule has 0 bridgehead atoms. The van der Waals surface area contributed by atoms with Gasteiger partial charge in [0.25, 0.3) is 0 Å². The van der Waals surface area contributed by atoms with Crippen LogP contribution in [-0.4, -0.2) is 50.6 Å². The molecule has 19 heavy (non-hydrogen) atoms. The van der Waals surface area contributed by atoms with E-state index in [1.54, 1.807) is 13.8 Å². The number of methoxy groups -OCH3 is 1. The van der Waals surface area contributed by atoms with Crippen LogP contribution >= 0.6 is 11.3 Å². The predicted molar refractivity (Wildman–Crippen MR) is 72.3 cm³/mol. The number of sulfonamides is 1. The van der Waals surface area contributed by atoms with Gasteiger partial charge in [-0.05, 0) is 19.9 Å². The van der Waals surface area contributed by atoms with Crippen molar-refractivity contribution in [1.29, 1.82) is 0 Å². The van der Waals surface area contributed by atoms with Gasteiger partial charge in [0.15, 0.2) is 0 Å². The summed E-state index contributed by atoms with van der Waals surface area (Å²) in [5, 5.41) is 8.90. The molecule has 1 heterocycles. The van der Waals surface area contributed by atoms with Gasteiger partial charge < -0.3 is 9.84 Å². The molecule has 1 atom stereocenters. The van der Waals surface area contributed by atoms with E-state index >= 15 is 0 Å². The standard InChI is InChI=1S/C11H17NO5S2/c1-7(6-17-4)12(3)19(15,16)10-5-9(11(13)14)18-8(10)2/h5,7H,6H2,1-4H3,(H,13,14). The third-order valence-corrected chi connectivity index (χ3v) is 6.03. The lowest BCUT2D eigenvalue weighted by Crippen LogP contribution is -2.37. The van der Waals surface area contributed by atoms with Crippen molar-refractivity contribution >= 4 is 27.3 Å². The minimum absolute atomic E-state index is 0.0175. The lowest BCUT2D eigenvalue weighted by molar-refractivity contribution is 0.0702. The van der Waals surface area contributed by atoms with Gasteiger partial charge in [-0.3, -0.25) is 0 Å². The van der Waals surface area contributed by atoms with E-state index in [1.807, 2.05) is 0 Å². The van der Waals surface area contributed by atoms with Crippen LogP contribution in [0.3, 0.4) is 0 Å². The van der Waals surface area contributed by atoms with E-state index in [0.717, 1.165) is 11.3 Å². The molecular weight excluding hydrogens is 290 g/mol. The topological polar surface area (TPSA) is 83.9 Å². The summed E-state index contributed by atoms with van der Waals surface area (Å²) in [6.07, 6.45) is 0. The largest absolute Gasteiger partial charge is 0.477 e. The maximum Gasteiger partial charge on any atom is 0.345 e. The summed E-state index contributed by atoms with van der Waals surface area (Å²) in [4.78, 5) is 11.4. The van der Waals surface area contributed by atoms with Gasteiger partial charge in [-0.2, -0.15) is 4.31 Å². The fraction of sp³-hybridized carbons (Fsp3) is 0.545. The summed E-state index contributed by atoms with van der Waals surface area (Å²) in [6, 6.07) is 0.871. The van der Waals surface area contributed by atoms with E-state index in [0.29, 0.717) is 4.88 Å². The molecule has 1 aromatic heterocycles. The molecule has 6 nitrogen and oxygen atoms in total. The Kier molecular flexibility index (Phi) is 5.08. The molecule has 8 heteroatoms. The SMILES string of the molecule is COCC(C)N(C)S(=O)(=O)c1cc(C(=O)O)sc1C. The molecule has 0 aliphatic heterocycles. The van der Waals surface area contributed by atoms with E-state index < -0.39 is 16.0 Å². The van der Waals surface area contributed by atoms with Crippen molar-refractivity contribution in [3.8, 4) is 0 Å². The van der Waals surface area contributed by atoms with E-state index in [9.17, 15) is 13.2 Å². The monoisotopic (exact) mass is 307 g/mol. The minimum Gasteiger partial charge on any atom is -0.477 e. The highest BCUT2D eigenvalue weighted by Crippen LogP contribution is 2.28. The highest BCUT2D eigenvalue weighted by Gasteiger charge is 2.29. The van der Waals surface area contributed by atoms with Crippen molar-refractivity contribution < 1.29 is 23.1 Å². The number of nitrogens with zero attached hydrogens (tertiary/aromatic N) is 1. The molecule has 1 rings (SSSR count). The Balaban J connectivity index is 3.16. The van der Waals surface area contributed by atoms with Crippen LogP contribution in [0.2, 0.25) is 0 Å². The van der Waals surface area contributed by atoms with Crippen LogP contribution < -0.4 is 0 Å². The maximum atomic E-state index is 12.4. The van der Waals surface area contributed by atoms with Crippen LogP contribution in [0.4, 0.5) is 0 Å². The second-order valence-electron chi connectivity index (χ2n) is 4.16. The van der Waals surface area contributed by atoms with Crippen LogP contribution in [0, 0.1) is 6.92 Å². The fourth-order valence-electron chi connectivity index (χ4n) is 1.57. The van der Waals surface area contributed by atoms with Gasteiger partial charge >= 0.3 is 5.97 Å². The average molecular weight is 307 g/mol. The lowest BCUT2D eigenvalue weighted by Gasteiger charge is -2.23. The number of carboxylic acids is 1. The molecule has 0 amide bonds. The Morgan fingerprint density at radius 1 is 1.58 bits per heavy atom. The summed E-state index contributed by atoms with van der Waals surface area (Å²) in [5.41, 5.74) is 0. The smallest absolute Gasteiger partial charge is 0.345 e. The molecule has 0 aliphatic carbocycles. The van der Waals surface area contributed by atoms with E-state index in [4.69, 9.17) is 9.84 Å². The molecule has 108 valence electrons. The van der Waals surface area contributed by atoms with Crippen LogP contribution in [0.1, 0.15) is 21.5 Å². The second kappa shape index (κ2) is 6.00. The normalized spacial score (nSPS) is 13.7. The molecule has 0 aromatic carbocycles. The number of thiophene rings is 1. The molecule has 0 aliphatic rings. The van der Waals surface area contributed by atoms with Crippen LogP contribution in [0.15, 0.2) is 11.0 Å². The Labute approximate surface area is 116 Å². The zero-order valence-corrected chi connectivity index (χ0v) is 12.8. The van der Waals surface area contributed by atoms with Crippen molar-refractivity contribution in [3.63, 3.8) is 0 Å². The number of hydrogen-bond acceptors (Lipinski definition) is 5. The quantitative estimate of drug-likeness (QED) is 0.859. The Hall–Kier alpha value is -0.960. The third-order valence-electron chi connectivity index (χ3n) is 2.77. The van der Waals surface area contributed by atoms with Crippen molar-refractivity contribution in [1.82, 2.24) is 4.31 Å². The summed E-state index contributed by atoms with van der Waals surface area (Å²) < 4.78 is 30.9. The number of hydrogen-bond donors (Lipinski definition) is 1. The maximum absolute atomic E-state index is 12.4. The lowest BCUT2D eigenvalue weighted by atomic mass is 10.4. The number of likely N-dealkylation sites (N-methyl/N-ethyl adjacent to an activating group) is 1. The predicted octanol–water partition coefficient (Wildman–Crippen LogP) is 1.41. The van der Waals surface area contributed by atoms with E-state index in [-0.39, 0.29) is 22.4 Å². The first-order valence-electron chi connectivity index (χ1n) is 5.52. The van der Waals surface area contributed by atoms with Gasteiger partial charge in [0.2, 0.25) is 10.0 Å². The number of ether oxygens (including phenoxy) is 1. The zero-order chi connectivity index (χ0) is 14.8. The first-order chi connectivity index (χ1) is 8.71. The summed E-state index contributed by atoms with van der Waals surface area (Å²) in [7, 11) is -0.753. The molecule has 0 spiro atoms. The third kappa shape index (κ3) is 3.33. The van der Waals surface area contributed by atoms with Gasteiger partial charge in [-0.15, -0.1) is 11.3 Å². The first-order valence-corrected chi connectivity index (χ1v) is 7.78. The zero-order valence-electron chi connectivity index (χ0n) is 11.2. The summed E-state index contributed by atoms with van der Waals surface area (Å²) in [5.74, 6) is -1.12. The molecule has 0 saturated heterocycles. The molecule has 0 fully saturated rings.